The lowest BCUT2D eigenvalue weighted by Gasteiger charge is -2.42. The number of benzene rings is 2. The highest BCUT2D eigenvalue weighted by molar-refractivity contribution is 5.83. The van der Waals surface area contributed by atoms with Crippen LogP contribution < -0.4 is 10.6 Å². The third-order valence-electron chi connectivity index (χ3n) is 8.70. The molecule has 240 valence electrons. The fraction of sp³-hybridized carbons (Fsp3) is 0.472. The van der Waals surface area contributed by atoms with Gasteiger partial charge in [-0.3, -0.25) is 24.4 Å². The average molecular weight is 614 g/mol. The molecule has 0 spiro atoms. The molecule has 1 aromatic heterocycles. The van der Waals surface area contributed by atoms with Gasteiger partial charge >= 0.3 is 0 Å². The summed E-state index contributed by atoms with van der Waals surface area (Å²) in [5.41, 5.74) is 3.68. The van der Waals surface area contributed by atoms with Crippen molar-refractivity contribution in [2.24, 2.45) is 5.92 Å². The summed E-state index contributed by atoms with van der Waals surface area (Å²) in [5, 5.41) is 28.5. The summed E-state index contributed by atoms with van der Waals surface area (Å²) in [5.74, 6) is -0.781. The van der Waals surface area contributed by atoms with Crippen molar-refractivity contribution in [3.05, 3.63) is 101 Å². The SMILES string of the molecule is CC(C)(C)NC(=O)[C@H]1CN(Cc2cccnc2)CCN1C[C@@H](O)C[C@@H](Cc1ccccc1)C(=O)N[C@H]1c2ccccc2C[C@H]1O. The van der Waals surface area contributed by atoms with Crippen LogP contribution in [-0.4, -0.2) is 86.8 Å². The number of hydrogen-bond donors (Lipinski definition) is 4. The molecule has 1 fully saturated rings. The number of hydrogen-bond acceptors (Lipinski definition) is 7. The smallest absolute Gasteiger partial charge is 0.239 e. The van der Waals surface area contributed by atoms with Crippen LogP contribution in [0.25, 0.3) is 0 Å². The van der Waals surface area contributed by atoms with Gasteiger partial charge < -0.3 is 20.8 Å². The topological polar surface area (TPSA) is 118 Å². The largest absolute Gasteiger partial charge is 0.392 e. The van der Waals surface area contributed by atoms with E-state index < -0.39 is 35.7 Å². The summed E-state index contributed by atoms with van der Waals surface area (Å²) < 4.78 is 0. The molecule has 0 unspecified atom stereocenters. The molecule has 0 radical (unpaired) electrons. The molecular weight excluding hydrogens is 566 g/mol. The highest BCUT2D eigenvalue weighted by Gasteiger charge is 2.37. The molecular formula is C36H47N5O4. The molecule has 9 nitrogen and oxygen atoms in total. The highest BCUT2D eigenvalue weighted by Crippen LogP contribution is 2.32. The van der Waals surface area contributed by atoms with E-state index in [1.807, 2.05) is 93.7 Å². The van der Waals surface area contributed by atoms with Crippen molar-refractivity contribution < 1.29 is 19.8 Å². The Morgan fingerprint density at radius 3 is 2.47 bits per heavy atom. The van der Waals surface area contributed by atoms with Crippen LogP contribution in [0.3, 0.4) is 0 Å². The van der Waals surface area contributed by atoms with Crippen molar-refractivity contribution in [2.45, 2.75) is 76.4 Å². The number of pyridine rings is 1. The standard InChI is InChI=1S/C36H47N5O4/c1-36(2,3)39-35(45)31-24-40(22-26-12-9-15-37-21-26)16-17-41(31)23-29(42)19-28(18-25-10-5-4-6-11-25)34(44)38-33-30-14-8-7-13-27(30)20-32(33)43/h4-15,21,28-29,31-33,42-43H,16-20,22-24H2,1-3H3,(H,38,44)(H,39,45)/t28-,29+,31-,32-,33+/m1/s1. The van der Waals surface area contributed by atoms with Gasteiger partial charge in [0.1, 0.15) is 6.04 Å². The molecule has 3 aromatic rings. The Morgan fingerprint density at radius 2 is 1.73 bits per heavy atom. The predicted molar refractivity (Wildman–Crippen MR) is 174 cm³/mol. The van der Waals surface area contributed by atoms with Crippen molar-refractivity contribution in [1.29, 1.82) is 0 Å². The number of β-amino-alcohol motifs (C(OH)–C–C–N with tert-alkyl or cyclic N) is 1. The number of carbonyl (C=O) groups is 2. The molecule has 5 rings (SSSR count). The van der Waals surface area contributed by atoms with Gasteiger partial charge in [-0.1, -0.05) is 60.7 Å². The number of carbonyl (C=O) groups excluding carboxylic acids is 2. The fourth-order valence-corrected chi connectivity index (χ4v) is 6.56. The lowest BCUT2D eigenvalue weighted by molar-refractivity contribution is -0.132. The molecule has 1 saturated heterocycles. The quantitative estimate of drug-likeness (QED) is 0.263. The fourth-order valence-electron chi connectivity index (χ4n) is 6.56. The van der Waals surface area contributed by atoms with Crippen LogP contribution in [0.2, 0.25) is 0 Å². The normalized spacial score (nSPS) is 21.9. The Balaban J connectivity index is 1.29. The van der Waals surface area contributed by atoms with Gasteiger partial charge in [0.25, 0.3) is 0 Å². The zero-order chi connectivity index (χ0) is 32.0. The zero-order valence-corrected chi connectivity index (χ0v) is 26.6. The zero-order valence-electron chi connectivity index (χ0n) is 26.6. The Kier molecular flexibility index (Phi) is 10.7. The second-order valence-corrected chi connectivity index (χ2v) is 13.6. The van der Waals surface area contributed by atoms with Crippen molar-refractivity contribution in [3.8, 4) is 0 Å². The molecule has 2 aromatic carbocycles. The molecule has 9 heteroatoms. The van der Waals surface area contributed by atoms with Gasteiger partial charge in [0.15, 0.2) is 0 Å². The maximum atomic E-state index is 13.8. The van der Waals surface area contributed by atoms with Crippen LogP contribution >= 0.6 is 0 Å². The number of rotatable bonds is 11. The van der Waals surface area contributed by atoms with E-state index >= 15 is 0 Å². The predicted octanol–water partition coefficient (Wildman–Crippen LogP) is 2.87. The van der Waals surface area contributed by atoms with Crippen LogP contribution in [-0.2, 0) is 29.0 Å². The first-order valence-corrected chi connectivity index (χ1v) is 16.0. The maximum Gasteiger partial charge on any atom is 0.239 e. The van der Waals surface area contributed by atoms with E-state index in [0.29, 0.717) is 32.5 Å². The van der Waals surface area contributed by atoms with Crippen molar-refractivity contribution >= 4 is 11.8 Å². The minimum atomic E-state index is -0.833. The van der Waals surface area contributed by atoms with Crippen LogP contribution in [0.15, 0.2) is 79.1 Å². The van der Waals surface area contributed by atoms with Gasteiger partial charge in [-0.2, -0.15) is 0 Å². The lowest BCUT2D eigenvalue weighted by Crippen LogP contribution is -2.61. The molecule has 5 atom stereocenters. The highest BCUT2D eigenvalue weighted by atomic mass is 16.3. The number of aromatic nitrogens is 1. The van der Waals surface area contributed by atoms with E-state index in [2.05, 4.69) is 25.4 Å². The minimum Gasteiger partial charge on any atom is -0.392 e. The Hall–Kier alpha value is -3.63. The van der Waals surface area contributed by atoms with Crippen LogP contribution in [0, 0.1) is 5.92 Å². The first-order valence-electron chi connectivity index (χ1n) is 16.0. The van der Waals surface area contributed by atoms with Gasteiger partial charge in [-0.05, 0) is 61.9 Å². The first kappa shape index (κ1) is 32.8. The average Bonchev–Trinajstić information content (AvgIpc) is 3.32. The Morgan fingerprint density at radius 1 is 1.00 bits per heavy atom. The maximum absolute atomic E-state index is 13.8. The number of nitrogens with zero attached hydrogens (tertiary/aromatic N) is 3. The molecule has 2 aliphatic rings. The van der Waals surface area contributed by atoms with Crippen LogP contribution in [0.4, 0.5) is 0 Å². The Labute approximate surface area is 266 Å². The van der Waals surface area contributed by atoms with E-state index in [4.69, 9.17) is 0 Å². The number of aliphatic hydroxyl groups excluding tert-OH is 2. The summed E-state index contributed by atoms with van der Waals surface area (Å²) in [6, 6.07) is 20.6. The van der Waals surface area contributed by atoms with Gasteiger partial charge in [-0.25, -0.2) is 0 Å². The first-order chi connectivity index (χ1) is 21.6. The van der Waals surface area contributed by atoms with Crippen molar-refractivity contribution in [3.63, 3.8) is 0 Å². The van der Waals surface area contributed by atoms with Crippen molar-refractivity contribution in [1.82, 2.24) is 25.4 Å². The van der Waals surface area contributed by atoms with E-state index in [-0.39, 0.29) is 24.8 Å². The van der Waals surface area contributed by atoms with E-state index in [0.717, 1.165) is 28.8 Å². The molecule has 1 aliphatic carbocycles. The minimum absolute atomic E-state index is 0.0712. The number of nitrogens with one attached hydrogen (secondary N) is 2. The molecule has 2 amide bonds. The molecule has 45 heavy (non-hydrogen) atoms. The van der Waals surface area contributed by atoms with Gasteiger partial charge in [0, 0.05) is 63.0 Å². The number of aliphatic hydroxyl groups is 2. The summed E-state index contributed by atoms with van der Waals surface area (Å²) in [7, 11) is 0. The summed E-state index contributed by atoms with van der Waals surface area (Å²) >= 11 is 0. The van der Waals surface area contributed by atoms with E-state index in [9.17, 15) is 19.8 Å². The van der Waals surface area contributed by atoms with Crippen LogP contribution in [0.5, 0.6) is 0 Å². The summed E-state index contributed by atoms with van der Waals surface area (Å²) in [6.45, 7) is 8.74. The second kappa shape index (κ2) is 14.6. The monoisotopic (exact) mass is 613 g/mol. The summed E-state index contributed by atoms with van der Waals surface area (Å²) in [4.78, 5) is 35.9. The molecule has 4 N–H and O–H groups in total. The molecule has 2 heterocycles. The van der Waals surface area contributed by atoms with Gasteiger partial charge in [-0.15, -0.1) is 0 Å². The van der Waals surface area contributed by atoms with E-state index in [1.165, 1.54) is 0 Å². The van der Waals surface area contributed by atoms with Crippen molar-refractivity contribution in [2.75, 3.05) is 26.2 Å². The lowest BCUT2D eigenvalue weighted by atomic mass is 9.91. The molecule has 0 bridgehead atoms. The third kappa shape index (κ3) is 8.98. The van der Waals surface area contributed by atoms with E-state index in [1.54, 1.807) is 6.20 Å². The van der Waals surface area contributed by atoms with Gasteiger partial charge in [0.2, 0.25) is 11.8 Å². The Bertz CT molecular complexity index is 1410. The van der Waals surface area contributed by atoms with Crippen LogP contribution in [0.1, 0.15) is 55.5 Å². The second-order valence-electron chi connectivity index (χ2n) is 13.6. The number of amides is 2. The molecule has 0 saturated carbocycles. The third-order valence-corrected chi connectivity index (χ3v) is 8.70. The number of piperazine rings is 1. The number of fused-ring (bicyclic) bond motifs is 1. The summed E-state index contributed by atoms with van der Waals surface area (Å²) in [6.07, 6.45) is 3.26. The van der Waals surface area contributed by atoms with Gasteiger partial charge in [0.05, 0.1) is 18.2 Å². The molecule has 1 aliphatic heterocycles.